The predicted molar refractivity (Wildman–Crippen MR) is 90.8 cm³/mol. The van der Waals surface area contributed by atoms with Crippen LogP contribution in [0, 0.1) is 17.3 Å². The van der Waals surface area contributed by atoms with E-state index in [-0.39, 0.29) is 11.2 Å². The zero-order chi connectivity index (χ0) is 16.9. The van der Waals surface area contributed by atoms with Gasteiger partial charge in [0, 0.05) is 5.57 Å². The molecule has 0 saturated heterocycles. The van der Waals surface area contributed by atoms with Crippen LogP contribution in [-0.4, -0.2) is 28.2 Å². The van der Waals surface area contributed by atoms with Crippen molar-refractivity contribution in [2.24, 2.45) is 17.3 Å². The van der Waals surface area contributed by atoms with Crippen molar-refractivity contribution >= 4 is 5.78 Å². The molecule has 3 aliphatic carbocycles. The molecule has 0 saturated carbocycles. The molecule has 3 aliphatic rings. The maximum atomic E-state index is 13.1. The third-order valence-corrected chi connectivity index (χ3v) is 6.24. The topological polar surface area (TPSA) is 57.5 Å². The second kappa shape index (κ2) is 5.71. The van der Waals surface area contributed by atoms with Crippen LogP contribution < -0.4 is 0 Å². The number of Topliss-reactive ketones (excluding diaryl/α,β-unsaturated/α-hetero) is 1. The Balaban J connectivity index is 2.10. The van der Waals surface area contributed by atoms with Gasteiger partial charge in [0.2, 0.25) is 0 Å². The zero-order valence-electron chi connectivity index (χ0n) is 14.4. The molecular weight excluding hydrogens is 288 g/mol. The molecule has 0 amide bonds. The van der Waals surface area contributed by atoms with E-state index in [1.54, 1.807) is 6.08 Å². The highest BCUT2D eigenvalue weighted by Gasteiger charge is 2.51. The van der Waals surface area contributed by atoms with E-state index in [1.165, 1.54) is 0 Å². The fraction of sp³-hybridized carbons (Fsp3) is 0.650. The predicted octanol–water partition coefficient (Wildman–Crippen LogP) is 3.33. The first kappa shape index (κ1) is 16.7. The van der Waals surface area contributed by atoms with Crippen LogP contribution in [0.2, 0.25) is 0 Å². The molecule has 4 atom stereocenters. The van der Waals surface area contributed by atoms with Crippen molar-refractivity contribution in [3.63, 3.8) is 0 Å². The Morgan fingerprint density at radius 2 is 1.87 bits per heavy atom. The molecule has 0 heterocycles. The molecule has 23 heavy (non-hydrogen) atoms. The maximum absolute atomic E-state index is 13.1. The van der Waals surface area contributed by atoms with Gasteiger partial charge in [-0.3, -0.25) is 4.79 Å². The van der Waals surface area contributed by atoms with Crippen molar-refractivity contribution in [2.45, 2.75) is 65.1 Å². The van der Waals surface area contributed by atoms with Gasteiger partial charge in [0.25, 0.3) is 0 Å². The van der Waals surface area contributed by atoms with Crippen molar-refractivity contribution in [3.05, 3.63) is 34.9 Å². The normalized spacial score (nSPS) is 37.5. The van der Waals surface area contributed by atoms with Crippen molar-refractivity contribution in [3.8, 4) is 0 Å². The molecule has 0 aliphatic heterocycles. The minimum absolute atomic E-state index is 0.0718. The average Bonchev–Trinajstić information content (AvgIpc) is 2.69. The molecule has 0 aromatic heterocycles. The Labute approximate surface area is 138 Å². The highest BCUT2D eigenvalue weighted by molar-refractivity contribution is 6.04. The minimum Gasteiger partial charge on any atom is -0.389 e. The summed E-state index contributed by atoms with van der Waals surface area (Å²) >= 11 is 0. The van der Waals surface area contributed by atoms with E-state index in [0.717, 1.165) is 48.0 Å². The molecule has 0 aromatic rings. The molecule has 2 N–H and O–H groups in total. The largest absolute Gasteiger partial charge is 0.389 e. The molecule has 0 radical (unpaired) electrons. The molecule has 3 nitrogen and oxygen atoms in total. The number of carbonyl (C=O) groups is 1. The highest BCUT2D eigenvalue weighted by atomic mass is 16.3. The summed E-state index contributed by atoms with van der Waals surface area (Å²) < 4.78 is 0. The van der Waals surface area contributed by atoms with Crippen LogP contribution in [0.25, 0.3) is 0 Å². The van der Waals surface area contributed by atoms with Crippen LogP contribution in [0.4, 0.5) is 0 Å². The number of allylic oxidation sites excluding steroid dienone is 1. The summed E-state index contributed by atoms with van der Waals surface area (Å²) in [5.74, 6) is -0.0170. The first-order valence-corrected chi connectivity index (χ1v) is 8.72. The Morgan fingerprint density at radius 1 is 1.22 bits per heavy atom. The van der Waals surface area contributed by atoms with Gasteiger partial charge in [0.05, 0.1) is 18.1 Å². The summed E-state index contributed by atoms with van der Waals surface area (Å²) in [7, 11) is 0. The van der Waals surface area contributed by atoms with Crippen molar-refractivity contribution < 1.29 is 15.0 Å². The van der Waals surface area contributed by atoms with Gasteiger partial charge >= 0.3 is 0 Å². The van der Waals surface area contributed by atoms with Gasteiger partial charge in [-0.05, 0) is 55.9 Å². The van der Waals surface area contributed by atoms with Gasteiger partial charge in [-0.25, -0.2) is 0 Å². The van der Waals surface area contributed by atoms with E-state index < -0.39 is 18.1 Å². The lowest BCUT2D eigenvalue weighted by Gasteiger charge is -2.40. The number of hydrogen-bond acceptors (Lipinski definition) is 3. The van der Waals surface area contributed by atoms with Crippen LogP contribution in [-0.2, 0) is 4.79 Å². The van der Waals surface area contributed by atoms with E-state index in [1.807, 2.05) is 6.92 Å². The molecule has 0 aromatic carbocycles. The summed E-state index contributed by atoms with van der Waals surface area (Å²) in [6, 6.07) is 0. The lowest BCUT2D eigenvalue weighted by Crippen LogP contribution is -2.33. The summed E-state index contributed by atoms with van der Waals surface area (Å²) in [5, 5.41) is 21.0. The van der Waals surface area contributed by atoms with E-state index in [0.29, 0.717) is 12.3 Å². The lowest BCUT2D eigenvalue weighted by molar-refractivity contribution is -0.120. The number of aliphatic hydroxyl groups excluding tert-OH is 2. The molecule has 3 bridgehead atoms. The average molecular weight is 316 g/mol. The molecule has 0 fully saturated rings. The molecule has 3 rings (SSSR count). The summed E-state index contributed by atoms with van der Waals surface area (Å²) in [4.78, 5) is 13.1. The van der Waals surface area contributed by atoms with Gasteiger partial charge in [0.15, 0.2) is 5.78 Å². The molecular formula is C20H28O3. The smallest absolute Gasteiger partial charge is 0.169 e. The Kier molecular flexibility index (Phi) is 4.14. The molecule has 3 heteroatoms. The SMILES string of the molecule is C=C1CC[C@@H]2CCC3=C(C(=O)[C@@H](C(C)=C[C@@H](O)C1)[C@H]3O)C2(C)C. The number of fused-ring (bicyclic) bond motifs is 2. The third-order valence-electron chi connectivity index (χ3n) is 6.24. The van der Waals surface area contributed by atoms with Crippen LogP contribution in [0.3, 0.4) is 0 Å². The summed E-state index contributed by atoms with van der Waals surface area (Å²) in [5.41, 5.74) is 3.46. The van der Waals surface area contributed by atoms with Crippen LogP contribution >= 0.6 is 0 Å². The number of rotatable bonds is 0. The third kappa shape index (κ3) is 2.64. The Hall–Kier alpha value is -1.19. The second-order valence-corrected chi connectivity index (χ2v) is 8.12. The Bertz CT molecular complexity index is 608. The molecule has 126 valence electrons. The van der Waals surface area contributed by atoms with Crippen molar-refractivity contribution in [1.82, 2.24) is 0 Å². The van der Waals surface area contributed by atoms with Crippen LogP contribution in [0.15, 0.2) is 34.9 Å². The number of aliphatic hydroxyl groups is 2. The number of ketones is 1. The fourth-order valence-electron chi connectivity index (χ4n) is 4.91. The number of carbonyl (C=O) groups excluding carboxylic acids is 1. The van der Waals surface area contributed by atoms with Gasteiger partial charge in [-0.15, -0.1) is 0 Å². The van der Waals surface area contributed by atoms with Gasteiger partial charge in [-0.1, -0.05) is 37.6 Å². The maximum Gasteiger partial charge on any atom is 0.169 e. The first-order chi connectivity index (χ1) is 10.7. The monoisotopic (exact) mass is 316 g/mol. The van der Waals surface area contributed by atoms with E-state index in [9.17, 15) is 15.0 Å². The molecule has 0 unspecified atom stereocenters. The highest BCUT2D eigenvalue weighted by Crippen LogP contribution is 2.53. The summed E-state index contributed by atoms with van der Waals surface area (Å²) in [6.45, 7) is 10.3. The van der Waals surface area contributed by atoms with Crippen LogP contribution in [0.5, 0.6) is 0 Å². The fourth-order valence-corrected chi connectivity index (χ4v) is 4.91. The zero-order valence-corrected chi connectivity index (χ0v) is 14.4. The van der Waals surface area contributed by atoms with Crippen molar-refractivity contribution in [2.75, 3.05) is 0 Å². The number of hydrogen-bond donors (Lipinski definition) is 2. The minimum atomic E-state index is -0.717. The van der Waals surface area contributed by atoms with Crippen LogP contribution in [0.1, 0.15) is 52.9 Å². The van der Waals surface area contributed by atoms with Gasteiger partial charge in [0.1, 0.15) is 0 Å². The molecule has 0 spiro atoms. The van der Waals surface area contributed by atoms with Gasteiger partial charge in [-0.2, -0.15) is 0 Å². The standard InChI is InChI=1S/C20H28O3/c1-11-5-6-13-7-8-15-17(20(13,3)4)19(23)16(18(15)22)12(2)10-14(21)9-11/h10,13-14,16,18,21-22H,1,5-9H2,2-4H3/t13-,14+,16+,18+/m1/s1. The quantitative estimate of drug-likeness (QED) is 0.674. The van der Waals surface area contributed by atoms with Gasteiger partial charge < -0.3 is 10.2 Å². The lowest BCUT2D eigenvalue weighted by atomic mass is 9.63. The second-order valence-electron chi connectivity index (χ2n) is 8.12. The van der Waals surface area contributed by atoms with E-state index >= 15 is 0 Å². The van der Waals surface area contributed by atoms with Crippen molar-refractivity contribution in [1.29, 1.82) is 0 Å². The van der Waals surface area contributed by atoms with E-state index in [4.69, 9.17) is 0 Å². The Morgan fingerprint density at radius 3 is 2.57 bits per heavy atom. The first-order valence-electron chi connectivity index (χ1n) is 8.72. The van der Waals surface area contributed by atoms with E-state index in [2.05, 4.69) is 20.4 Å². The summed E-state index contributed by atoms with van der Waals surface area (Å²) in [6.07, 6.45) is 4.64.